The number of aromatic nitrogens is 1. The fraction of sp³-hybridized carbons (Fsp3) is 0. The molecule has 0 bridgehead atoms. The number of nitrogens with zero attached hydrogens (tertiary/aromatic N) is 1. The van der Waals surface area contributed by atoms with Crippen LogP contribution in [0.3, 0.4) is 0 Å². The van der Waals surface area contributed by atoms with Crippen molar-refractivity contribution in [2.45, 2.75) is 0 Å². The molecular formula is C12H9BrN2O. The summed E-state index contributed by atoms with van der Waals surface area (Å²) in [6.45, 7) is 0. The van der Waals surface area contributed by atoms with E-state index in [1.54, 1.807) is 12.3 Å². The fourth-order valence-electron chi connectivity index (χ4n) is 1.39. The van der Waals surface area contributed by atoms with Crippen molar-refractivity contribution in [3.05, 3.63) is 46.6 Å². The molecule has 4 heteroatoms. The summed E-state index contributed by atoms with van der Waals surface area (Å²) in [6, 6.07) is 9.51. The van der Waals surface area contributed by atoms with Crippen LogP contribution in [-0.2, 0) is 0 Å². The third kappa shape index (κ3) is 2.12. The van der Waals surface area contributed by atoms with Gasteiger partial charge in [-0.05, 0) is 23.8 Å². The van der Waals surface area contributed by atoms with Gasteiger partial charge in [0.05, 0.1) is 5.56 Å². The number of anilines is 1. The van der Waals surface area contributed by atoms with Crippen molar-refractivity contribution in [3.8, 4) is 11.1 Å². The number of rotatable bonds is 2. The van der Waals surface area contributed by atoms with E-state index in [4.69, 9.17) is 5.73 Å². The molecule has 2 N–H and O–H groups in total. The maximum absolute atomic E-state index is 10.7. The monoisotopic (exact) mass is 276 g/mol. The number of benzene rings is 1. The van der Waals surface area contributed by atoms with Gasteiger partial charge in [-0.15, -0.1) is 0 Å². The Bertz CT molecular complexity index is 523. The van der Waals surface area contributed by atoms with Gasteiger partial charge in [0.15, 0.2) is 6.29 Å². The molecule has 0 fully saturated rings. The van der Waals surface area contributed by atoms with Crippen molar-refractivity contribution in [1.82, 2.24) is 4.98 Å². The minimum Gasteiger partial charge on any atom is -0.383 e. The normalized spacial score (nSPS) is 10.1. The van der Waals surface area contributed by atoms with Crippen molar-refractivity contribution in [1.29, 1.82) is 0 Å². The summed E-state index contributed by atoms with van der Waals surface area (Å²) in [7, 11) is 0. The minimum absolute atomic E-state index is 0.260. The molecule has 2 rings (SSSR count). The molecule has 0 amide bonds. The first-order valence-electron chi connectivity index (χ1n) is 4.67. The Kier molecular flexibility index (Phi) is 3.01. The Hall–Kier alpha value is -1.68. The van der Waals surface area contributed by atoms with Gasteiger partial charge in [0, 0.05) is 16.2 Å². The Balaban J connectivity index is 2.48. The van der Waals surface area contributed by atoms with Gasteiger partial charge >= 0.3 is 0 Å². The lowest BCUT2D eigenvalue weighted by Gasteiger charge is -2.03. The highest BCUT2D eigenvalue weighted by Crippen LogP contribution is 2.22. The Morgan fingerprint density at radius 3 is 2.50 bits per heavy atom. The van der Waals surface area contributed by atoms with Gasteiger partial charge in [-0.3, -0.25) is 4.79 Å². The molecule has 0 unspecified atom stereocenters. The van der Waals surface area contributed by atoms with Gasteiger partial charge in [0.2, 0.25) is 0 Å². The second-order valence-electron chi connectivity index (χ2n) is 3.32. The maximum atomic E-state index is 10.7. The van der Waals surface area contributed by atoms with Gasteiger partial charge < -0.3 is 5.73 Å². The van der Waals surface area contributed by atoms with Gasteiger partial charge in [0.1, 0.15) is 5.82 Å². The van der Waals surface area contributed by atoms with E-state index in [-0.39, 0.29) is 5.82 Å². The third-order valence-corrected chi connectivity index (χ3v) is 2.78. The van der Waals surface area contributed by atoms with E-state index >= 15 is 0 Å². The summed E-state index contributed by atoms with van der Waals surface area (Å²) < 4.78 is 1.01. The summed E-state index contributed by atoms with van der Waals surface area (Å²) in [5, 5.41) is 0. The Labute approximate surface area is 101 Å². The number of carbonyl (C=O) groups excluding carboxylic acids is 1. The summed E-state index contributed by atoms with van der Waals surface area (Å²) in [4.78, 5) is 14.7. The van der Waals surface area contributed by atoms with E-state index < -0.39 is 0 Å². The molecule has 1 aromatic heterocycles. The lowest BCUT2D eigenvalue weighted by Crippen LogP contribution is -1.96. The predicted molar refractivity (Wildman–Crippen MR) is 67.2 cm³/mol. The van der Waals surface area contributed by atoms with Crippen LogP contribution < -0.4 is 5.73 Å². The first-order chi connectivity index (χ1) is 7.70. The van der Waals surface area contributed by atoms with Crippen LogP contribution in [0.2, 0.25) is 0 Å². The smallest absolute Gasteiger partial charge is 0.153 e. The standard InChI is InChI=1S/C12H9BrN2O/c13-11-3-1-8(2-4-11)9-5-10(7-16)12(14)15-6-9/h1-7H,(H2,14,15). The summed E-state index contributed by atoms with van der Waals surface area (Å²) in [6.07, 6.45) is 2.37. The van der Waals surface area contributed by atoms with E-state index in [1.165, 1.54) is 0 Å². The summed E-state index contributed by atoms with van der Waals surface area (Å²) >= 11 is 3.37. The van der Waals surface area contributed by atoms with Crippen LogP contribution in [0.25, 0.3) is 11.1 Å². The maximum Gasteiger partial charge on any atom is 0.153 e. The quantitative estimate of drug-likeness (QED) is 0.859. The number of carbonyl (C=O) groups is 1. The van der Waals surface area contributed by atoms with Crippen LogP contribution in [0, 0.1) is 0 Å². The minimum atomic E-state index is 0.260. The molecule has 0 radical (unpaired) electrons. The molecule has 3 nitrogen and oxygen atoms in total. The third-order valence-electron chi connectivity index (χ3n) is 2.25. The van der Waals surface area contributed by atoms with Crippen LogP contribution in [-0.4, -0.2) is 11.3 Å². The molecular weight excluding hydrogens is 268 g/mol. The van der Waals surface area contributed by atoms with Crippen LogP contribution >= 0.6 is 15.9 Å². The molecule has 0 saturated heterocycles. The molecule has 1 heterocycles. The first-order valence-corrected chi connectivity index (χ1v) is 5.46. The second kappa shape index (κ2) is 4.45. The van der Waals surface area contributed by atoms with Gasteiger partial charge in [-0.1, -0.05) is 28.1 Å². The molecule has 0 aliphatic rings. The van der Waals surface area contributed by atoms with E-state index in [0.717, 1.165) is 15.6 Å². The number of aldehydes is 1. The van der Waals surface area contributed by atoms with Crippen molar-refractivity contribution in [3.63, 3.8) is 0 Å². The van der Waals surface area contributed by atoms with Gasteiger partial charge in [-0.2, -0.15) is 0 Å². The fourth-order valence-corrected chi connectivity index (χ4v) is 1.65. The largest absolute Gasteiger partial charge is 0.383 e. The van der Waals surface area contributed by atoms with E-state index in [2.05, 4.69) is 20.9 Å². The molecule has 1 aromatic carbocycles. The number of pyridine rings is 1. The Morgan fingerprint density at radius 2 is 1.88 bits per heavy atom. The number of nitrogen functional groups attached to an aromatic ring is 1. The van der Waals surface area contributed by atoms with Crippen LogP contribution in [0.1, 0.15) is 10.4 Å². The average Bonchev–Trinajstić information content (AvgIpc) is 2.31. The van der Waals surface area contributed by atoms with Crippen molar-refractivity contribution in [2.75, 3.05) is 5.73 Å². The molecule has 0 saturated carbocycles. The number of hydrogen-bond donors (Lipinski definition) is 1. The molecule has 80 valence electrons. The van der Waals surface area contributed by atoms with Crippen LogP contribution in [0.15, 0.2) is 41.0 Å². The molecule has 0 aliphatic carbocycles. The number of hydrogen-bond acceptors (Lipinski definition) is 3. The first kappa shape index (κ1) is 10.8. The van der Waals surface area contributed by atoms with E-state index in [0.29, 0.717) is 11.8 Å². The number of halogens is 1. The Morgan fingerprint density at radius 1 is 1.19 bits per heavy atom. The molecule has 2 aromatic rings. The lowest BCUT2D eigenvalue weighted by atomic mass is 10.1. The predicted octanol–water partition coefficient (Wildman–Crippen LogP) is 2.91. The van der Waals surface area contributed by atoms with Gasteiger partial charge in [0.25, 0.3) is 0 Å². The SMILES string of the molecule is Nc1ncc(-c2ccc(Br)cc2)cc1C=O. The highest BCUT2D eigenvalue weighted by Gasteiger charge is 2.03. The number of nitrogens with two attached hydrogens (primary N) is 1. The summed E-state index contributed by atoms with van der Waals surface area (Å²) in [5.41, 5.74) is 7.85. The van der Waals surface area contributed by atoms with E-state index in [1.807, 2.05) is 24.3 Å². The van der Waals surface area contributed by atoms with Crippen LogP contribution in [0.5, 0.6) is 0 Å². The lowest BCUT2D eigenvalue weighted by molar-refractivity contribution is 0.112. The van der Waals surface area contributed by atoms with Crippen molar-refractivity contribution < 1.29 is 4.79 Å². The van der Waals surface area contributed by atoms with Crippen LogP contribution in [0.4, 0.5) is 5.82 Å². The highest BCUT2D eigenvalue weighted by molar-refractivity contribution is 9.10. The molecule has 0 aliphatic heterocycles. The van der Waals surface area contributed by atoms with Crippen molar-refractivity contribution in [2.24, 2.45) is 0 Å². The average molecular weight is 277 g/mol. The molecule has 0 spiro atoms. The van der Waals surface area contributed by atoms with Crippen molar-refractivity contribution >= 4 is 28.0 Å². The molecule has 0 atom stereocenters. The second-order valence-corrected chi connectivity index (χ2v) is 4.24. The molecule has 16 heavy (non-hydrogen) atoms. The zero-order valence-electron chi connectivity index (χ0n) is 8.35. The zero-order chi connectivity index (χ0) is 11.5. The highest BCUT2D eigenvalue weighted by atomic mass is 79.9. The van der Waals surface area contributed by atoms with Gasteiger partial charge in [-0.25, -0.2) is 4.98 Å². The summed E-state index contributed by atoms with van der Waals surface area (Å²) in [5.74, 6) is 0.260. The topological polar surface area (TPSA) is 56.0 Å². The van der Waals surface area contributed by atoms with E-state index in [9.17, 15) is 4.79 Å². The zero-order valence-corrected chi connectivity index (χ0v) is 9.94.